The van der Waals surface area contributed by atoms with Gasteiger partial charge in [-0.15, -0.1) is 0 Å². The summed E-state index contributed by atoms with van der Waals surface area (Å²) in [6, 6.07) is 8.01. The van der Waals surface area contributed by atoms with E-state index in [0.29, 0.717) is 0 Å². The highest BCUT2D eigenvalue weighted by molar-refractivity contribution is 5.89. The molecule has 0 bridgehead atoms. The quantitative estimate of drug-likeness (QED) is 0.417. The lowest BCUT2D eigenvalue weighted by Crippen LogP contribution is -2.64. The SMILES string of the molecule is CC(=O)O[C@H]1C=C[C@@H](OC(C)=O)[C@@H](OC(C)=O)[C@@]1(O)COC(=O)c1ccccc1. The van der Waals surface area contributed by atoms with Gasteiger partial charge in [-0.05, 0) is 24.3 Å². The van der Waals surface area contributed by atoms with Crippen LogP contribution in [0.1, 0.15) is 31.1 Å². The summed E-state index contributed by atoms with van der Waals surface area (Å²) in [6.45, 7) is 2.67. The van der Waals surface area contributed by atoms with Crippen LogP contribution in [0, 0.1) is 0 Å². The topological polar surface area (TPSA) is 125 Å². The number of carbonyl (C=O) groups is 4. The molecule has 9 heteroatoms. The molecule has 0 fully saturated rings. The third-order valence-corrected chi connectivity index (χ3v) is 4.09. The lowest BCUT2D eigenvalue weighted by atomic mass is 9.82. The molecule has 1 aliphatic carbocycles. The number of hydrogen-bond donors (Lipinski definition) is 1. The van der Waals surface area contributed by atoms with Crippen molar-refractivity contribution in [2.24, 2.45) is 0 Å². The van der Waals surface area contributed by atoms with Crippen LogP contribution in [-0.4, -0.2) is 59.5 Å². The Morgan fingerprint density at radius 1 is 0.897 bits per heavy atom. The van der Waals surface area contributed by atoms with Gasteiger partial charge in [0.2, 0.25) is 0 Å². The van der Waals surface area contributed by atoms with E-state index in [9.17, 15) is 24.3 Å². The summed E-state index contributed by atoms with van der Waals surface area (Å²) in [4.78, 5) is 46.8. The average molecular weight is 406 g/mol. The van der Waals surface area contributed by atoms with Gasteiger partial charge in [0.25, 0.3) is 0 Å². The van der Waals surface area contributed by atoms with E-state index in [0.717, 1.165) is 20.8 Å². The molecule has 29 heavy (non-hydrogen) atoms. The highest BCUT2D eigenvalue weighted by Gasteiger charge is 2.55. The molecule has 0 aromatic heterocycles. The summed E-state index contributed by atoms with van der Waals surface area (Å²) in [7, 11) is 0. The Kier molecular flexibility index (Phi) is 7.11. The molecule has 1 aromatic carbocycles. The molecule has 1 N–H and O–H groups in total. The molecule has 9 nitrogen and oxygen atoms in total. The number of esters is 4. The van der Waals surface area contributed by atoms with E-state index in [2.05, 4.69) is 0 Å². The Balaban J connectivity index is 2.35. The second-order valence-electron chi connectivity index (χ2n) is 6.45. The molecule has 2 rings (SSSR count). The van der Waals surface area contributed by atoms with Crippen LogP contribution in [0.3, 0.4) is 0 Å². The fourth-order valence-corrected chi connectivity index (χ4v) is 2.89. The third-order valence-electron chi connectivity index (χ3n) is 4.09. The van der Waals surface area contributed by atoms with Gasteiger partial charge >= 0.3 is 23.9 Å². The number of carbonyl (C=O) groups excluding carboxylic acids is 4. The number of ether oxygens (including phenoxy) is 4. The van der Waals surface area contributed by atoms with Crippen LogP contribution < -0.4 is 0 Å². The Labute approximate surface area is 167 Å². The van der Waals surface area contributed by atoms with Crippen molar-refractivity contribution < 1.29 is 43.2 Å². The average Bonchev–Trinajstić information content (AvgIpc) is 2.65. The highest BCUT2D eigenvalue weighted by Crippen LogP contribution is 2.32. The molecular weight excluding hydrogens is 384 g/mol. The normalized spacial score (nSPS) is 25.6. The summed E-state index contributed by atoms with van der Waals surface area (Å²) in [5, 5.41) is 11.3. The van der Waals surface area contributed by atoms with E-state index in [1.165, 1.54) is 24.3 Å². The van der Waals surface area contributed by atoms with E-state index in [-0.39, 0.29) is 5.56 Å². The predicted octanol–water partition coefficient (Wildman–Crippen LogP) is 0.939. The van der Waals surface area contributed by atoms with Crippen molar-refractivity contribution >= 4 is 23.9 Å². The van der Waals surface area contributed by atoms with Crippen LogP contribution in [0.4, 0.5) is 0 Å². The molecule has 4 atom stereocenters. The summed E-state index contributed by atoms with van der Waals surface area (Å²) < 4.78 is 20.6. The van der Waals surface area contributed by atoms with Gasteiger partial charge in [-0.2, -0.15) is 0 Å². The van der Waals surface area contributed by atoms with Crippen molar-refractivity contribution in [2.75, 3.05) is 6.61 Å². The Morgan fingerprint density at radius 3 is 2.03 bits per heavy atom. The summed E-state index contributed by atoms with van der Waals surface area (Å²) >= 11 is 0. The van der Waals surface area contributed by atoms with Crippen LogP contribution in [0.25, 0.3) is 0 Å². The zero-order valence-corrected chi connectivity index (χ0v) is 16.2. The van der Waals surface area contributed by atoms with Gasteiger partial charge < -0.3 is 24.1 Å². The number of hydrogen-bond acceptors (Lipinski definition) is 9. The Bertz CT molecular complexity index is 801. The third kappa shape index (κ3) is 5.64. The first kappa shape index (κ1) is 22.1. The van der Waals surface area contributed by atoms with Crippen LogP contribution >= 0.6 is 0 Å². The zero-order valence-electron chi connectivity index (χ0n) is 16.2. The fourth-order valence-electron chi connectivity index (χ4n) is 2.89. The second-order valence-corrected chi connectivity index (χ2v) is 6.45. The summed E-state index contributed by atoms with van der Waals surface area (Å²) in [5.41, 5.74) is -1.97. The van der Waals surface area contributed by atoms with E-state index in [1.807, 2.05) is 0 Å². The minimum Gasteiger partial charge on any atom is -0.459 e. The Morgan fingerprint density at radius 2 is 1.48 bits per heavy atom. The number of benzene rings is 1. The van der Waals surface area contributed by atoms with Gasteiger partial charge in [0.05, 0.1) is 5.56 Å². The molecular formula is C20H22O9. The molecule has 0 amide bonds. The summed E-state index contributed by atoms with van der Waals surface area (Å²) in [5.74, 6) is -2.94. The van der Waals surface area contributed by atoms with Crippen LogP contribution in [-0.2, 0) is 33.3 Å². The molecule has 0 spiro atoms. The molecule has 0 aliphatic heterocycles. The van der Waals surface area contributed by atoms with Crippen molar-refractivity contribution in [3.63, 3.8) is 0 Å². The molecule has 0 saturated heterocycles. The Hall–Kier alpha value is -3.20. The van der Waals surface area contributed by atoms with Gasteiger partial charge in [0.15, 0.2) is 23.9 Å². The number of rotatable bonds is 6. The number of aliphatic hydroxyl groups is 1. The maximum atomic E-state index is 12.3. The van der Waals surface area contributed by atoms with E-state index < -0.39 is 54.4 Å². The van der Waals surface area contributed by atoms with Crippen molar-refractivity contribution in [2.45, 2.75) is 44.7 Å². The van der Waals surface area contributed by atoms with Crippen molar-refractivity contribution in [3.8, 4) is 0 Å². The molecule has 0 heterocycles. The second kappa shape index (κ2) is 9.33. The van der Waals surface area contributed by atoms with Crippen molar-refractivity contribution in [1.29, 1.82) is 0 Å². The molecule has 0 unspecified atom stereocenters. The van der Waals surface area contributed by atoms with Crippen LogP contribution in [0.5, 0.6) is 0 Å². The largest absolute Gasteiger partial charge is 0.459 e. The maximum absolute atomic E-state index is 12.3. The molecule has 1 aromatic rings. The zero-order chi connectivity index (χ0) is 21.6. The van der Waals surface area contributed by atoms with Gasteiger partial charge in [0.1, 0.15) is 6.61 Å². The lowest BCUT2D eigenvalue weighted by Gasteiger charge is -2.43. The molecule has 156 valence electrons. The van der Waals surface area contributed by atoms with Crippen molar-refractivity contribution in [3.05, 3.63) is 48.0 Å². The monoisotopic (exact) mass is 406 g/mol. The lowest BCUT2D eigenvalue weighted by molar-refractivity contribution is -0.217. The maximum Gasteiger partial charge on any atom is 0.338 e. The van der Waals surface area contributed by atoms with Gasteiger partial charge in [-0.1, -0.05) is 18.2 Å². The van der Waals surface area contributed by atoms with Gasteiger partial charge in [0, 0.05) is 20.8 Å². The first-order valence-electron chi connectivity index (χ1n) is 8.78. The van der Waals surface area contributed by atoms with E-state index >= 15 is 0 Å². The first-order valence-corrected chi connectivity index (χ1v) is 8.78. The first-order chi connectivity index (χ1) is 13.6. The van der Waals surface area contributed by atoms with Gasteiger partial charge in [-0.25, -0.2) is 4.79 Å². The minimum absolute atomic E-state index is 0.229. The predicted molar refractivity (Wildman–Crippen MR) is 97.5 cm³/mol. The fraction of sp³-hybridized carbons (Fsp3) is 0.400. The van der Waals surface area contributed by atoms with Gasteiger partial charge in [-0.3, -0.25) is 14.4 Å². The molecule has 1 aliphatic rings. The highest BCUT2D eigenvalue weighted by atomic mass is 16.6. The van der Waals surface area contributed by atoms with E-state index in [1.54, 1.807) is 18.2 Å². The van der Waals surface area contributed by atoms with Crippen molar-refractivity contribution in [1.82, 2.24) is 0 Å². The minimum atomic E-state index is -2.20. The van der Waals surface area contributed by atoms with Crippen LogP contribution in [0.2, 0.25) is 0 Å². The summed E-state index contributed by atoms with van der Waals surface area (Å²) in [6.07, 6.45) is -1.37. The van der Waals surface area contributed by atoms with E-state index in [4.69, 9.17) is 18.9 Å². The smallest absolute Gasteiger partial charge is 0.338 e. The standard InChI is InChI=1S/C20H22O9/c1-12(21)27-16-9-10-17(28-13(2)22)20(25,18(16)29-14(3)23)11-26-19(24)15-7-5-4-6-8-15/h4-10,16-18,25H,11H2,1-3H3/t16-,17+,18-,20-/m1/s1. The van der Waals surface area contributed by atoms with Crippen LogP contribution in [0.15, 0.2) is 42.5 Å². The molecule has 0 saturated carbocycles. The molecule has 0 radical (unpaired) electrons.